The second-order valence-electron chi connectivity index (χ2n) is 5.16. The van der Waals surface area contributed by atoms with Crippen LogP contribution in [0.1, 0.15) is 24.5 Å². The van der Waals surface area contributed by atoms with Crippen LogP contribution in [-0.4, -0.2) is 18.8 Å². The van der Waals surface area contributed by atoms with Crippen LogP contribution in [0.2, 0.25) is 0 Å². The Morgan fingerprint density at radius 2 is 1.71 bits per heavy atom. The smallest absolute Gasteiger partial charge is 0.118 e. The molecule has 0 bridgehead atoms. The van der Waals surface area contributed by atoms with Crippen LogP contribution in [0, 0.1) is 0 Å². The number of aliphatic hydroxyl groups excluding tert-OH is 1. The van der Waals surface area contributed by atoms with Gasteiger partial charge in [0.05, 0.1) is 19.3 Å². The molecule has 0 spiro atoms. The summed E-state index contributed by atoms with van der Waals surface area (Å²) in [5, 5.41) is 13.5. The van der Waals surface area contributed by atoms with E-state index in [1.165, 1.54) is 5.56 Å². The van der Waals surface area contributed by atoms with Gasteiger partial charge in [-0.2, -0.15) is 0 Å². The Hall–Kier alpha value is -1.84. The zero-order valence-electron chi connectivity index (χ0n) is 12.7. The molecule has 0 fully saturated rings. The lowest BCUT2D eigenvalue weighted by atomic mass is 9.87. The van der Waals surface area contributed by atoms with Gasteiger partial charge < -0.3 is 15.2 Å². The Bertz CT molecular complexity index is 533. The molecule has 0 heterocycles. The van der Waals surface area contributed by atoms with Crippen molar-refractivity contribution in [3.8, 4) is 5.75 Å². The number of benzene rings is 2. The highest BCUT2D eigenvalue weighted by Gasteiger charge is 2.28. The number of ether oxygens (including phenoxy) is 1. The maximum atomic E-state index is 9.94. The Morgan fingerprint density at radius 3 is 2.24 bits per heavy atom. The number of aliphatic hydroxyl groups is 1. The van der Waals surface area contributed by atoms with E-state index in [0.29, 0.717) is 0 Å². The standard InChI is InChI=1S/C18H23NO2/c1-3-18(14-20,16-9-11-17(21-2)12-10-16)19-13-15-7-5-4-6-8-15/h4-12,19-20H,3,13-14H2,1-2H3. The van der Waals surface area contributed by atoms with E-state index >= 15 is 0 Å². The lowest BCUT2D eigenvalue weighted by Crippen LogP contribution is -2.44. The summed E-state index contributed by atoms with van der Waals surface area (Å²) in [7, 11) is 1.65. The molecule has 0 radical (unpaired) electrons. The Kier molecular flexibility index (Phi) is 5.37. The molecule has 2 N–H and O–H groups in total. The molecule has 3 nitrogen and oxygen atoms in total. The molecule has 0 saturated carbocycles. The maximum Gasteiger partial charge on any atom is 0.118 e. The average Bonchev–Trinajstić information content (AvgIpc) is 2.58. The van der Waals surface area contributed by atoms with Crippen molar-refractivity contribution < 1.29 is 9.84 Å². The average molecular weight is 285 g/mol. The molecule has 1 atom stereocenters. The van der Waals surface area contributed by atoms with Gasteiger partial charge in [0, 0.05) is 6.54 Å². The first-order chi connectivity index (χ1) is 10.2. The minimum Gasteiger partial charge on any atom is -0.497 e. The van der Waals surface area contributed by atoms with E-state index in [-0.39, 0.29) is 6.61 Å². The predicted octanol–water partition coefficient (Wildman–Crippen LogP) is 3.08. The third kappa shape index (κ3) is 3.63. The lowest BCUT2D eigenvalue weighted by molar-refractivity contribution is 0.153. The summed E-state index contributed by atoms with van der Waals surface area (Å²) in [4.78, 5) is 0. The van der Waals surface area contributed by atoms with Crippen molar-refractivity contribution in [1.29, 1.82) is 0 Å². The van der Waals surface area contributed by atoms with Crippen molar-refractivity contribution >= 4 is 0 Å². The van der Waals surface area contributed by atoms with Gasteiger partial charge in [-0.3, -0.25) is 0 Å². The molecule has 1 unspecified atom stereocenters. The van der Waals surface area contributed by atoms with Crippen molar-refractivity contribution in [2.75, 3.05) is 13.7 Å². The first-order valence-corrected chi connectivity index (χ1v) is 7.28. The first kappa shape index (κ1) is 15.5. The minimum absolute atomic E-state index is 0.0582. The molecule has 0 aliphatic carbocycles. The van der Waals surface area contributed by atoms with E-state index in [9.17, 15) is 5.11 Å². The molecule has 21 heavy (non-hydrogen) atoms. The number of nitrogens with one attached hydrogen (secondary N) is 1. The molecule has 3 heteroatoms. The fourth-order valence-corrected chi connectivity index (χ4v) is 2.47. The van der Waals surface area contributed by atoms with Crippen LogP contribution in [0.5, 0.6) is 5.75 Å². The highest BCUT2D eigenvalue weighted by atomic mass is 16.5. The Morgan fingerprint density at radius 1 is 1.05 bits per heavy atom. The van der Waals surface area contributed by atoms with Gasteiger partial charge in [0.15, 0.2) is 0 Å². The molecule has 2 rings (SSSR count). The van der Waals surface area contributed by atoms with Crippen LogP contribution in [0.15, 0.2) is 54.6 Å². The van der Waals surface area contributed by atoms with Crippen molar-refractivity contribution in [3.63, 3.8) is 0 Å². The summed E-state index contributed by atoms with van der Waals surface area (Å²) < 4.78 is 5.20. The van der Waals surface area contributed by atoms with Gasteiger partial charge in [-0.05, 0) is 29.7 Å². The summed E-state index contributed by atoms with van der Waals surface area (Å²) in [6, 6.07) is 18.1. The monoisotopic (exact) mass is 285 g/mol. The quantitative estimate of drug-likeness (QED) is 0.821. The molecule has 2 aromatic carbocycles. The van der Waals surface area contributed by atoms with Crippen LogP contribution < -0.4 is 10.1 Å². The van der Waals surface area contributed by atoms with Crippen LogP contribution >= 0.6 is 0 Å². The van der Waals surface area contributed by atoms with Gasteiger partial charge in [-0.15, -0.1) is 0 Å². The third-order valence-electron chi connectivity index (χ3n) is 3.99. The molecule has 0 saturated heterocycles. The number of methoxy groups -OCH3 is 1. The highest BCUT2D eigenvalue weighted by molar-refractivity contribution is 5.32. The highest BCUT2D eigenvalue weighted by Crippen LogP contribution is 2.27. The van der Waals surface area contributed by atoms with Crippen molar-refractivity contribution in [1.82, 2.24) is 5.32 Å². The first-order valence-electron chi connectivity index (χ1n) is 7.28. The van der Waals surface area contributed by atoms with Crippen LogP contribution in [-0.2, 0) is 12.1 Å². The van der Waals surface area contributed by atoms with Crippen molar-refractivity contribution in [2.24, 2.45) is 0 Å². The molecule has 0 aliphatic rings. The van der Waals surface area contributed by atoms with Gasteiger partial charge in [0.1, 0.15) is 5.75 Å². The fourth-order valence-electron chi connectivity index (χ4n) is 2.47. The molecular weight excluding hydrogens is 262 g/mol. The zero-order chi connectivity index (χ0) is 15.1. The van der Waals surface area contributed by atoms with Gasteiger partial charge in [-0.25, -0.2) is 0 Å². The van der Waals surface area contributed by atoms with E-state index in [1.807, 2.05) is 42.5 Å². The number of rotatable bonds is 7. The van der Waals surface area contributed by atoms with E-state index in [2.05, 4.69) is 24.4 Å². The number of hydrogen-bond donors (Lipinski definition) is 2. The van der Waals surface area contributed by atoms with Crippen LogP contribution in [0.4, 0.5) is 0 Å². The summed E-state index contributed by atoms with van der Waals surface area (Å²) in [5.74, 6) is 0.824. The van der Waals surface area contributed by atoms with Crippen LogP contribution in [0.3, 0.4) is 0 Å². The van der Waals surface area contributed by atoms with E-state index in [0.717, 1.165) is 24.3 Å². The Balaban J connectivity index is 2.18. The fraction of sp³-hybridized carbons (Fsp3) is 0.333. The topological polar surface area (TPSA) is 41.5 Å². The van der Waals surface area contributed by atoms with Gasteiger partial charge in [0.2, 0.25) is 0 Å². The molecule has 0 amide bonds. The minimum atomic E-state index is -0.428. The largest absolute Gasteiger partial charge is 0.497 e. The second-order valence-corrected chi connectivity index (χ2v) is 5.16. The normalized spacial score (nSPS) is 13.7. The predicted molar refractivity (Wildman–Crippen MR) is 85.3 cm³/mol. The molecule has 0 aromatic heterocycles. The number of hydrogen-bond acceptors (Lipinski definition) is 3. The molecular formula is C18H23NO2. The van der Waals surface area contributed by atoms with Crippen LogP contribution in [0.25, 0.3) is 0 Å². The molecule has 112 valence electrons. The van der Waals surface area contributed by atoms with Crippen molar-refractivity contribution in [2.45, 2.75) is 25.4 Å². The van der Waals surface area contributed by atoms with E-state index in [4.69, 9.17) is 4.74 Å². The van der Waals surface area contributed by atoms with Gasteiger partial charge >= 0.3 is 0 Å². The third-order valence-corrected chi connectivity index (χ3v) is 3.99. The van der Waals surface area contributed by atoms with E-state index < -0.39 is 5.54 Å². The molecule has 0 aliphatic heterocycles. The summed E-state index contributed by atoms with van der Waals surface area (Å²) in [6.45, 7) is 2.86. The summed E-state index contributed by atoms with van der Waals surface area (Å²) >= 11 is 0. The summed E-state index contributed by atoms with van der Waals surface area (Å²) in [6.07, 6.45) is 0.808. The molecule has 2 aromatic rings. The Labute approximate surface area is 126 Å². The van der Waals surface area contributed by atoms with Gasteiger partial charge in [0.25, 0.3) is 0 Å². The SMILES string of the molecule is CCC(CO)(NCc1ccccc1)c1ccc(OC)cc1. The van der Waals surface area contributed by atoms with Crippen molar-refractivity contribution in [3.05, 3.63) is 65.7 Å². The van der Waals surface area contributed by atoms with Gasteiger partial charge in [-0.1, -0.05) is 49.4 Å². The zero-order valence-corrected chi connectivity index (χ0v) is 12.7. The summed E-state index contributed by atoms with van der Waals surface area (Å²) in [5.41, 5.74) is 1.85. The van der Waals surface area contributed by atoms with E-state index in [1.54, 1.807) is 7.11 Å². The second kappa shape index (κ2) is 7.25. The maximum absolute atomic E-state index is 9.94. The lowest BCUT2D eigenvalue weighted by Gasteiger charge is -2.33.